The van der Waals surface area contributed by atoms with Gasteiger partial charge in [0.2, 0.25) is 11.7 Å². The maximum absolute atomic E-state index is 11.7. The van der Waals surface area contributed by atoms with Crippen LogP contribution in [0.15, 0.2) is 45.5 Å². The minimum Gasteiger partial charge on any atom is -0.407 e. The van der Waals surface area contributed by atoms with E-state index >= 15 is 0 Å². The Labute approximate surface area is 126 Å². The van der Waals surface area contributed by atoms with Crippen molar-refractivity contribution in [3.05, 3.63) is 59.3 Å². The van der Waals surface area contributed by atoms with Gasteiger partial charge in [0.05, 0.1) is 12.6 Å². The summed E-state index contributed by atoms with van der Waals surface area (Å²) in [6.07, 6.45) is 2.89. The number of nitrogens with one attached hydrogen (secondary N) is 1. The van der Waals surface area contributed by atoms with E-state index in [9.17, 15) is 4.79 Å². The van der Waals surface area contributed by atoms with Gasteiger partial charge in [-0.3, -0.25) is 10.1 Å². The Morgan fingerprint density at radius 2 is 1.91 bits per heavy atom. The monoisotopic (exact) mass is 298 g/mol. The molecule has 0 spiro atoms. The lowest BCUT2D eigenvalue weighted by Gasteiger charge is -1.99. The van der Waals surface area contributed by atoms with Gasteiger partial charge in [-0.1, -0.05) is 41.4 Å². The van der Waals surface area contributed by atoms with Crippen LogP contribution in [0.25, 0.3) is 0 Å². The minimum atomic E-state index is -0.486. The molecular weight excluding hydrogens is 284 g/mol. The van der Waals surface area contributed by atoms with Gasteiger partial charge in [0.15, 0.2) is 0 Å². The zero-order valence-corrected chi connectivity index (χ0v) is 11.9. The molecule has 0 saturated carbocycles. The highest BCUT2D eigenvalue weighted by atomic mass is 16.5. The van der Waals surface area contributed by atoms with Gasteiger partial charge in [-0.2, -0.15) is 0 Å². The number of aryl methyl sites for hydroxylation is 1. The average molecular weight is 298 g/mol. The van der Waals surface area contributed by atoms with Crippen LogP contribution in [0.1, 0.15) is 34.5 Å². The van der Waals surface area contributed by atoms with Gasteiger partial charge >= 0.3 is 6.01 Å². The van der Waals surface area contributed by atoms with E-state index in [0.717, 1.165) is 12.0 Å². The van der Waals surface area contributed by atoms with E-state index in [1.807, 2.05) is 12.1 Å². The number of rotatable bonds is 5. The highest BCUT2D eigenvalue weighted by Crippen LogP contribution is 2.13. The predicted molar refractivity (Wildman–Crippen MR) is 77.4 cm³/mol. The maximum Gasteiger partial charge on any atom is 0.322 e. The molecule has 0 aliphatic carbocycles. The van der Waals surface area contributed by atoms with Gasteiger partial charge in [-0.05, 0) is 17.5 Å². The normalized spacial score (nSPS) is 10.6. The van der Waals surface area contributed by atoms with E-state index in [1.54, 1.807) is 0 Å². The first-order chi connectivity index (χ1) is 10.7. The Morgan fingerprint density at radius 1 is 1.14 bits per heavy atom. The van der Waals surface area contributed by atoms with Crippen LogP contribution in [0, 0.1) is 0 Å². The van der Waals surface area contributed by atoms with E-state index in [1.165, 1.54) is 17.8 Å². The smallest absolute Gasteiger partial charge is 0.322 e. The van der Waals surface area contributed by atoms with Crippen molar-refractivity contribution in [2.45, 2.75) is 19.8 Å². The minimum absolute atomic E-state index is 0.0292. The van der Waals surface area contributed by atoms with Gasteiger partial charge in [-0.15, -0.1) is 5.10 Å². The molecule has 0 atom stereocenters. The Balaban J connectivity index is 1.64. The summed E-state index contributed by atoms with van der Waals surface area (Å²) in [6.45, 7) is 2.11. The molecule has 1 aromatic carbocycles. The number of anilines is 1. The molecule has 7 nitrogen and oxygen atoms in total. The Kier molecular flexibility index (Phi) is 3.95. The zero-order valence-electron chi connectivity index (χ0n) is 11.9. The van der Waals surface area contributed by atoms with Crippen molar-refractivity contribution >= 4 is 11.9 Å². The molecule has 0 radical (unpaired) electrons. The number of nitrogens with zero attached hydrogens (tertiary/aromatic N) is 3. The summed E-state index contributed by atoms with van der Waals surface area (Å²) >= 11 is 0. The topological polar surface area (TPSA) is 94.1 Å². The van der Waals surface area contributed by atoms with Crippen molar-refractivity contribution in [3.8, 4) is 0 Å². The lowest BCUT2D eigenvalue weighted by atomic mass is 10.1. The molecule has 2 heterocycles. The van der Waals surface area contributed by atoms with Crippen molar-refractivity contribution in [1.29, 1.82) is 0 Å². The van der Waals surface area contributed by atoms with Gasteiger partial charge in [-0.25, -0.2) is 0 Å². The first kappa shape index (κ1) is 14.0. The molecule has 0 fully saturated rings. The highest BCUT2D eigenvalue weighted by Gasteiger charge is 2.14. The second-order valence-corrected chi connectivity index (χ2v) is 4.68. The number of amides is 1. The standard InChI is InChI=1S/C15H14N4O3/c1-2-10-3-5-11(6-4-10)9-13-18-19-15(21-13)17-14(20)12-7-8-16-22-12/h3-8H,2,9H2,1H3,(H,17,19,20). The van der Waals surface area contributed by atoms with Crippen LogP contribution in [0.4, 0.5) is 6.01 Å². The van der Waals surface area contributed by atoms with Crippen molar-refractivity contribution in [2.24, 2.45) is 0 Å². The molecule has 2 aromatic heterocycles. The Bertz CT molecular complexity index is 747. The summed E-state index contributed by atoms with van der Waals surface area (Å²) in [5, 5.41) is 13.6. The van der Waals surface area contributed by atoms with E-state index in [4.69, 9.17) is 8.94 Å². The summed E-state index contributed by atoms with van der Waals surface area (Å²) < 4.78 is 10.1. The second kappa shape index (κ2) is 6.21. The molecule has 7 heteroatoms. The third-order valence-corrected chi connectivity index (χ3v) is 3.14. The fraction of sp³-hybridized carbons (Fsp3) is 0.200. The number of hydrogen-bond donors (Lipinski definition) is 1. The van der Waals surface area contributed by atoms with Crippen molar-refractivity contribution in [1.82, 2.24) is 15.4 Å². The quantitative estimate of drug-likeness (QED) is 0.777. The molecule has 1 N–H and O–H groups in total. The molecule has 0 unspecified atom stereocenters. The highest BCUT2D eigenvalue weighted by molar-refractivity contribution is 6.00. The first-order valence-corrected chi connectivity index (χ1v) is 6.87. The lowest BCUT2D eigenvalue weighted by molar-refractivity contribution is 0.0985. The number of benzene rings is 1. The van der Waals surface area contributed by atoms with Gasteiger partial charge in [0.25, 0.3) is 5.91 Å². The number of aromatic nitrogens is 3. The van der Waals surface area contributed by atoms with Crippen molar-refractivity contribution in [2.75, 3.05) is 5.32 Å². The van der Waals surface area contributed by atoms with Crippen LogP contribution in [-0.4, -0.2) is 21.3 Å². The molecule has 3 aromatic rings. The van der Waals surface area contributed by atoms with Crippen LogP contribution in [0.5, 0.6) is 0 Å². The number of hydrogen-bond acceptors (Lipinski definition) is 6. The molecular formula is C15H14N4O3. The third kappa shape index (κ3) is 3.20. The number of carbonyl (C=O) groups excluding carboxylic acids is 1. The van der Waals surface area contributed by atoms with E-state index in [-0.39, 0.29) is 11.8 Å². The van der Waals surface area contributed by atoms with Crippen LogP contribution in [-0.2, 0) is 12.8 Å². The average Bonchev–Trinajstić information content (AvgIpc) is 3.20. The Hall–Kier alpha value is -2.96. The maximum atomic E-state index is 11.7. The molecule has 112 valence electrons. The van der Waals surface area contributed by atoms with Gasteiger partial charge in [0.1, 0.15) is 0 Å². The molecule has 22 heavy (non-hydrogen) atoms. The summed E-state index contributed by atoms with van der Waals surface area (Å²) in [6, 6.07) is 9.66. The molecule has 1 amide bonds. The van der Waals surface area contributed by atoms with Gasteiger partial charge < -0.3 is 8.94 Å². The molecule has 3 rings (SSSR count). The summed E-state index contributed by atoms with van der Waals surface area (Å²) in [5.74, 6) is 0.0204. The van der Waals surface area contributed by atoms with E-state index in [0.29, 0.717) is 12.3 Å². The predicted octanol–water partition coefficient (Wildman–Crippen LogP) is 2.46. The summed E-state index contributed by atoms with van der Waals surface area (Å²) in [4.78, 5) is 11.7. The molecule has 0 bridgehead atoms. The molecule has 0 aliphatic heterocycles. The SMILES string of the molecule is CCc1ccc(Cc2nnc(NC(=O)c3ccno3)o2)cc1. The Morgan fingerprint density at radius 3 is 2.59 bits per heavy atom. The molecule has 0 saturated heterocycles. The number of carbonyl (C=O) groups is 1. The van der Waals surface area contributed by atoms with Gasteiger partial charge in [0, 0.05) is 6.07 Å². The van der Waals surface area contributed by atoms with Crippen molar-refractivity contribution in [3.63, 3.8) is 0 Å². The van der Waals surface area contributed by atoms with E-state index in [2.05, 4.69) is 39.7 Å². The largest absolute Gasteiger partial charge is 0.407 e. The first-order valence-electron chi connectivity index (χ1n) is 6.87. The van der Waals surface area contributed by atoms with Crippen LogP contribution in [0.3, 0.4) is 0 Å². The van der Waals surface area contributed by atoms with Crippen molar-refractivity contribution < 1.29 is 13.7 Å². The third-order valence-electron chi connectivity index (χ3n) is 3.14. The second-order valence-electron chi connectivity index (χ2n) is 4.68. The summed E-state index contributed by atoms with van der Waals surface area (Å²) in [7, 11) is 0. The summed E-state index contributed by atoms with van der Waals surface area (Å²) in [5.41, 5.74) is 2.34. The van der Waals surface area contributed by atoms with Crippen LogP contribution >= 0.6 is 0 Å². The lowest BCUT2D eigenvalue weighted by Crippen LogP contribution is -2.11. The van der Waals surface area contributed by atoms with Crippen LogP contribution in [0.2, 0.25) is 0 Å². The van der Waals surface area contributed by atoms with E-state index < -0.39 is 5.91 Å². The van der Waals surface area contributed by atoms with Crippen LogP contribution < -0.4 is 5.32 Å². The molecule has 0 aliphatic rings. The zero-order chi connectivity index (χ0) is 15.4. The fourth-order valence-corrected chi connectivity index (χ4v) is 1.93. The fourth-order valence-electron chi connectivity index (χ4n) is 1.93.